The highest BCUT2D eigenvalue weighted by atomic mass is 16.5. The van der Waals surface area contributed by atoms with Gasteiger partial charge in [0.05, 0.1) is 12.0 Å². The number of carboxylic acids is 1. The Morgan fingerprint density at radius 3 is 2.50 bits per heavy atom. The first-order valence-corrected chi connectivity index (χ1v) is 6.53. The first-order valence-electron chi connectivity index (χ1n) is 6.53. The Morgan fingerprint density at radius 2 is 2.00 bits per heavy atom. The number of carbonyl (C=O) groups excluding carboxylic acids is 1. The molecule has 0 aromatic heterocycles. The van der Waals surface area contributed by atoms with E-state index >= 15 is 0 Å². The molecule has 0 radical (unpaired) electrons. The van der Waals surface area contributed by atoms with Crippen LogP contribution in [0.25, 0.3) is 0 Å². The lowest BCUT2D eigenvalue weighted by molar-refractivity contribution is -0.148. The summed E-state index contributed by atoms with van der Waals surface area (Å²) in [4.78, 5) is 22.9. The third-order valence-corrected chi connectivity index (χ3v) is 2.96. The number of aryl methyl sites for hydroxylation is 1. The third kappa shape index (κ3) is 4.26. The van der Waals surface area contributed by atoms with Gasteiger partial charge in [0.1, 0.15) is 5.75 Å². The van der Waals surface area contributed by atoms with E-state index < -0.39 is 11.4 Å². The molecule has 1 amide bonds. The van der Waals surface area contributed by atoms with Crippen LogP contribution in [0, 0.1) is 12.3 Å². The van der Waals surface area contributed by atoms with Crippen molar-refractivity contribution in [1.29, 1.82) is 0 Å². The molecule has 0 unspecified atom stereocenters. The van der Waals surface area contributed by atoms with Crippen molar-refractivity contribution in [2.45, 2.75) is 34.1 Å². The van der Waals surface area contributed by atoms with Crippen molar-refractivity contribution in [2.75, 3.05) is 11.9 Å². The zero-order chi connectivity index (χ0) is 15.3. The second-order valence-electron chi connectivity index (χ2n) is 5.32. The molecule has 0 atom stereocenters. The van der Waals surface area contributed by atoms with E-state index in [1.54, 1.807) is 12.1 Å². The van der Waals surface area contributed by atoms with Crippen LogP contribution in [0.2, 0.25) is 0 Å². The average molecular weight is 279 g/mol. The number of ether oxygens (including phenoxy) is 1. The number of aliphatic carboxylic acids is 1. The van der Waals surface area contributed by atoms with Gasteiger partial charge in [-0.3, -0.25) is 9.59 Å². The lowest BCUT2D eigenvalue weighted by atomic mass is 9.89. The monoisotopic (exact) mass is 279 g/mol. The van der Waals surface area contributed by atoms with Crippen LogP contribution in [-0.4, -0.2) is 23.6 Å². The van der Waals surface area contributed by atoms with E-state index in [4.69, 9.17) is 9.84 Å². The van der Waals surface area contributed by atoms with Crippen molar-refractivity contribution in [2.24, 2.45) is 5.41 Å². The number of carbonyl (C=O) groups is 2. The summed E-state index contributed by atoms with van der Waals surface area (Å²) >= 11 is 0. The highest BCUT2D eigenvalue weighted by Crippen LogP contribution is 2.24. The van der Waals surface area contributed by atoms with Gasteiger partial charge in [-0.15, -0.1) is 0 Å². The molecule has 0 aliphatic rings. The number of anilines is 1. The van der Waals surface area contributed by atoms with Crippen LogP contribution in [-0.2, 0) is 9.59 Å². The maximum absolute atomic E-state index is 11.9. The molecule has 0 heterocycles. The Hall–Kier alpha value is -2.04. The number of hydrogen-bond donors (Lipinski definition) is 2. The zero-order valence-electron chi connectivity index (χ0n) is 12.3. The summed E-state index contributed by atoms with van der Waals surface area (Å²) in [7, 11) is 0. The summed E-state index contributed by atoms with van der Waals surface area (Å²) in [5, 5.41) is 11.7. The maximum Gasteiger partial charge on any atom is 0.309 e. The molecule has 0 fully saturated rings. The summed E-state index contributed by atoms with van der Waals surface area (Å²) < 4.78 is 5.37. The summed E-state index contributed by atoms with van der Waals surface area (Å²) in [5.74, 6) is -0.561. The molecule has 2 N–H and O–H groups in total. The molecular weight excluding hydrogens is 258 g/mol. The fraction of sp³-hybridized carbons (Fsp3) is 0.467. The van der Waals surface area contributed by atoms with Gasteiger partial charge in [0.2, 0.25) is 5.91 Å². The number of rotatable bonds is 6. The fourth-order valence-electron chi connectivity index (χ4n) is 1.70. The molecule has 0 saturated carbocycles. The van der Waals surface area contributed by atoms with Gasteiger partial charge in [-0.05, 0) is 51.5 Å². The zero-order valence-corrected chi connectivity index (χ0v) is 12.3. The Balaban J connectivity index is 2.74. The molecule has 0 aliphatic heterocycles. The molecule has 5 heteroatoms. The molecule has 1 rings (SSSR count). The minimum Gasteiger partial charge on any atom is -0.494 e. The van der Waals surface area contributed by atoms with Crippen molar-refractivity contribution in [3.8, 4) is 5.75 Å². The van der Waals surface area contributed by atoms with Gasteiger partial charge in [-0.2, -0.15) is 0 Å². The summed E-state index contributed by atoms with van der Waals surface area (Å²) in [6.45, 7) is 7.40. The largest absolute Gasteiger partial charge is 0.494 e. The highest BCUT2D eigenvalue weighted by molar-refractivity contribution is 5.94. The van der Waals surface area contributed by atoms with E-state index in [-0.39, 0.29) is 12.3 Å². The van der Waals surface area contributed by atoms with Crippen LogP contribution < -0.4 is 10.1 Å². The number of benzene rings is 1. The van der Waals surface area contributed by atoms with Crippen LogP contribution in [0.5, 0.6) is 5.75 Å². The van der Waals surface area contributed by atoms with E-state index in [2.05, 4.69) is 5.32 Å². The molecule has 1 aromatic carbocycles. The Labute approximate surface area is 118 Å². The van der Waals surface area contributed by atoms with Gasteiger partial charge >= 0.3 is 5.97 Å². The van der Waals surface area contributed by atoms with Gasteiger partial charge in [0, 0.05) is 12.1 Å². The van der Waals surface area contributed by atoms with E-state index in [0.717, 1.165) is 11.3 Å². The second kappa shape index (κ2) is 6.41. The standard InChI is InChI=1S/C15H21NO4/c1-5-20-11-6-7-12(10(2)8-11)16-13(17)9-15(3,4)14(18)19/h6-8H,5,9H2,1-4H3,(H,16,17)(H,18,19). The lowest BCUT2D eigenvalue weighted by Crippen LogP contribution is -2.29. The minimum absolute atomic E-state index is 0.0744. The van der Waals surface area contributed by atoms with Crippen LogP contribution in [0.4, 0.5) is 5.69 Å². The normalized spacial score (nSPS) is 11.0. The van der Waals surface area contributed by atoms with Crippen molar-refractivity contribution in [3.05, 3.63) is 23.8 Å². The first kappa shape index (κ1) is 16.0. The molecule has 20 heavy (non-hydrogen) atoms. The highest BCUT2D eigenvalue weighted by Gasteiger charge is 2.30. The first-order chi connectivity index (χ1) is 9.26. The van der Waals surface area contributed by atoms with Crippen molar-refractivity contribution < 1.29 is 19.4 Å². The molecular formula is C15H21NO4. The molecule has 0 bridgehead atoms. The quantitative estimate of drug-likeness (QED) is 0.839. The molecule has 1 aromatic rings. The number of amides is 1. The Morgan fingerprint density at radius 1 is 1.35 bits per heavy atom. The van der Waals surface area contributed by atoms with E-state index in [1.165, 1.54) is 13.8 Å². The van der Waals surface area contributed by atoms with E-state index in [1.807, 2.05) is 19.9 Å². The van der Waals surface area contributed by atoms with Crippen LogP contribution in [0.3, 0.4) is 0 Å². The van der Waals surface area contributed by atoms with Gasteiger partial charge < -0.3 is 15.2 Å². The molecule has 0 saturated heterocycles. The molecule has 110 valence electrons. The smallest absolute Gasteiger partial charge is 0.309 e. The third-order valence-electron chi connectivity index (χ3n) is 2.96. The van der Waals surface area contributed by atoms with Crippen molar-refractivity contribution in [1.82, 2.24) is 0 Å². The Bertz CT molecular complexity index is 509. The predicted molar refractivity (Wildman–Crippen MR) is 77.0 cm³/mol. The molecule has 5 nitrogen and oxygen atoms in total. The van der Waals surface area contributed by atoms with Gasteiger partial charge in [-0.25, -0.2) is 0 Å². The number of hydrogen-bond acceptors (Lipinski definition) is 3. The topological polar surface area (TPSA) is 75.6 Å². The number of carboxylic acid groups (broad SMARTS) is 1. The van der Waals surface area contributed by atoms with Gasteiger partial charge in [0.25, 0.3) is 0 Å². The SMILES string of the molecule is CCOc1ccc(NC(=O)CC(C)(C)C(=O)O)c(C)c1. The van der Waals surface area contributed by atoms with E-state index in [9.17, 15) is 9.59 Å². The lowest BCUT2D eigenvalue weighted by Gasteiger charge is -2.18. The van der Waals surface area contributed by atoms with Crippen LogP contribution in [0.15, 0.2) is 18.2 Å². The average Bonchev–Trinajstić information content (AvgIpc) is 2.32. The summed E-state index contributed by atoms with van der Waals surface area (Å²) in [6.07, 6.45) is -0.0744. The molecule has 0 aliphatic carbocycles. The summed E-state index contributed by atoms with van der Waals surface area (Å²) in [6, 6.07) is 5.36. The number of nitrogens with one attached hydrogen (secondary N) is 1. The minimum atomic E-state index is -1.08. The van der Waals surface area contributed by atoms with Crippen LogP contribution >= 0.6 is 0 Å². The van der Waals surface area contributed by atoms with Gasteiger partial charge in [-0.1, -0.05) is 0 Å². The fourth-order valence-corrected chi connectivity index (χ4v) is 1.70. The Kier molecular flexibility index (Phi) is 5.13. The molecule has 0 spiro atoms. The van der Waals surface area contributed by atoms with Crippen LogP contribution in [0.1, 0.15) is 32.8 Å². The second-order valence-corrected chi connectivity index (χ2v) is 5.32. The van der Waals surface area contributed by atoms with E-state index in [0.29, 0.717) is 12.3 Å². The van der Waals surface area contributed by atoms with Crippen molar-refractivity contribution in [3.63, 3.8) is 0 Å². The van der Waals surface area contributed by atoms with Gasteiger partial charge in [0.15, 0.2) is 0 Å². The maximum atomic E-state index is 11.9. The predicted octanol–water partition coefficient (Wildman–Crippen LogP) is 2.83. The van der Waals surface area contributed by atoms with Crippen molar-refractivity contribution >= 4 is 17.6 Å². The summed E-state index contributed by atoms with van der Waals surface area (Å²) in [5.41, 5.74) is 0.459.